The molecule has 1 aliphatic rings. The highest BCUT2D eigenvalue weighted by Crippen LogP contribution is 2.30. The number of amides is 1. The number of thioether (sulfide) groups is 1. The van der Waals surface area contributed by atoms with Crippen molar-refractivity contribution < 1.29 is 18.7 Å². The van der Waals surface area contributed by atoms with Gasteiger partial charge in [0.25, 0.3) is 5.91 Å². The molecule has 0 radical (unpaired) electrons. The molecule has 1 N–H and O–H groups in total. The molecule has 2 heterocycles. The standard InChI is InChI=1S/C29H38N4O4S/c1-29(2,3)25-16-26(33(4)14-13-19-9-11-22(35-5)24(15-19)36-6)32-28(31-25)38-18-21-10-12-23(37-21)27(34)30-17-20-7-8-20/h9-12,15-16,20H,7-8,13-14,17-18H2,1-6H3,(H,30,34). The number of carbonyl (C=O) groups excluding carboxylic acids is 1. The Balaban J connectivity index is 1.42. The van der Waals surface area contributed by atoms with E-state index in [4.69, 9.17) is 23.9 Å². The first-order valence-corrected chi connectivity index (χ1v) is 14.0. The number of furan rings is 1. The quantitative estimate of drug-likeness (QED) is 0.239. The maximum Gasteiger partial charge on any atom is 0.287 e. The van der Waals surface area contributed by atoms with Gasteiger partial charge >= 0.3 is 0 Å². The van der Waals surface area contributed by atoms with Crippen molar-refractivity contribution in [1.29, 1.82) is 0 Å². The number of carbonyl (C=O) groups is 1. The molecule has 8 nitrogen and oxygen atoms in total. The van der Waals surface area contributed by atoms with Crippen molar-refractivity contribution in [1.82, 2.24) is 15.3 Å². The number of hydrogen-bond donors (Lipinski definition) is 1. The third kappa shape index (κ3) is 7.43. The van der Waals surface area contributed by atoms with Gasteiger partial charge in [0, 0.05) is 31.6 Å². The summed E-state index contributed by atoms with van der Waals surface area (Å²) in [5, 5.41) is 3.63. The van der Waals surface area contributed by atoms with Crippen LogP contribution in [0, 0.1) is 5.92 Å². The van der Waals surface area contributed by atoms with Crippen molar-refractivity contribution in [2.75, 3.05) is 39.3 Å². The molecule has 0 unspecified atom stereocenters. The third-order valence-corrected chi connectivity index (χ3v) is 7.38. The normalized spacial score (nSPS) is 13.3. The number of hydrogen-bond acceptors (Lipinski definition) is 8. The lowest BCUT2D eigenvalue weighted by Gasteiger charge is -2.23. The summed E-state index contributed by atoms with van der Waals surface area (Å²) in [6.45, 7) is 7.94. The zero-order valence-electron chi connectivity index (χ0n) is 23.2. The Morgan fingerprint density at radius 2 is 1.87 bits per heavy atom. The van der Waals surface area contributed by atoms with E-state index >= 15 is 0 Å². The molecule has 1 aliphatic carbocycles. The average molecular weight is 539 g/mol. The largest absolute Gasteiger partial charge is 0.493 e. The summed E-state index contributed by atoms with van der Waals surface area (Å²) in [4.78, 5) is 24.1. The topological polar surface area (TPSA) is 89.7 Å². The number of nitrogens with zero attached hydrogens (tertiary/aromatic N) is 3. The zero-order chi connectivity index (χ0) is 27.3. The molecule has 4 rings (SSSR count). The van der Waals surface area contributed by atoms with Gasteiger partial charge in [0.05, 0.1) is 25.7 Å². The molecule has 1 saturated carbocycles. The summed E-state index contributed by atoms with van der Waals surface area (Å²) < 4.78 is 16.6. The van der Waals surface area contributed by atoms with Crippen LogP contribution in [0.5, 0.6) is 11.5 Å². The van der Waals surface area contributed by atoms with Crippen LogP contribution in [0.2, 0.25) is 0 Å². The van der Waals surface area contributed by atoms with Crippen LogP contribution in [0.4, 0.5) is 5.82 Å². The maximum atomic E-state index is 12.3. The Morgan fingerprint density at radius 1 is 1.11 bits per heavy atom. The number of rotatable bonds is 12. The number of benzene rings is 1. The summed E-state index contributed by atoms with van der Waals surface area (Å²) in [5.74, 6) is 4.40. The van der Waals surface area contributed by atoms with Crippen LogP contribution >= 0.6 is 11.8 Å². The Kier molecular flexibility index (Phi) is 8.87. The summed E-state index contributed by atoms with van der Waals surface area (Å²) in [5.41, 5.74) is 2.00. The first-order valence-electron chi connectivity index (χ1n) is 13.0. The van der Waals surface area contributed by atoms with E-state index in [0.717, 1.165) is 53.8 Å². The van der Waals surface area contributed by atoms with Gasteiger partial charge in [-0.25, -0.2) is 9.97 Å². The molecule has 204 valence electrons. The molecule has 1 amide bonds. The molecule has 1 aromatic carbocycles. The minimum Gasteiger partial charge on any atom is -0.493 e. The van der Waals surface area contributed by atoms with Gasteiger partial charge < -0.3 is 24.1 Å². The number of methoxy groups -OCH3 is 2. The van der Waals surface area contributed by atoms with Crippen molar-refractivity contribution in [3.05, 3.63) is 59.2 Å². The smallest absolute Gasteiger partial charge is 0.287 e. The fourth-order valence-corrected chi connectivity index (χ4v) is 4.61. The van der Waals surface area contributed by atoms with Crippen LogP contribution < -0.4 is 19.7 Å². The first-order chi connectivity index (χ1) is 18.2. The van der Waals surface area contributed by atoms with Gasteiger partial charge in [-0.1, -0.05) is 38.6 Å². The van der Waals surface area contributed by atoms with E-state index in [1.54, 1.807) is 20.3 Å². The summed E-state index contributed by atoms with van der Waals surface area (Å²) in [7, 11) is 5.33. The Labute approximate surface area is 229 Å². The first kappa shape index (κ1) is 27.8. The van der Waals surface area contributed by atoms with Crippen molar-refractivity contribution in [2.24, 2.45) is 5.92 Å². The number of nitrogens with one attached hydrogen (secondary N) is 1. The fourth-order valence-electron chi connectivity index (χ4n) is 3.86. The monoisotopic (exact) mass is 538 g/mol. The van der Waals surface area contributed by atoms with Crippen LogP contribution in [-0.4, -0.2) is 50.2 Å². The summed E-state index contributed by atoms with van der Waals surface area (Å²) in [6.07, 6.45) is 3.22. The minimum atomic E-state index is -0.155. The SMILES string of the molecule is COc1ccc(CCN(C)c2cc(C(C)(C)C)nc(SCc3ccc(C(=O)NCC4CC4)o3)n2)cc1OC. The van der Waals surface area contributed by atoms with E-state index in [1.165, 1.54) is 24.6 Å². The predicted molar refractivity (Wildman–Crippen MR) is 151 cm³/mol. The molecule has 1 fully saturated rings. The lowest BCUT2D eigenvalue weighted by Crippen LogP contribution is -2.24. The minimum absolute atomic E-state index is 0.130. The second kappa shape index (κ2) is 12.1. The molecular formula is C29H38N4O4S. The van der Waals surface area contributed by atoms with Crippen molar-refractivity contribution in [3.8, 4) is 11.5 Å². The second-order valence-corrected chi connectivity index (χ2v) is 11.7. The van der Waals surface area contributed by atoms with Gasteiger partial charge in [0.1, 0.15) is 11.6 Å². The Morgan fingerprint density at radius 3 is 2.55 bits per heavy atom. The third-order valence-electron chi connectivity index (χ3n) is 6.51. The number of likely N-dealkylation sites (N-methyl/N-ethyl adjacent to an activating group) is 1. The van der Waals surface area contributed by atoms with Crippen LogP contribution in [0.15, 0.2) is 46.0 Å². The highest BCUT2D eigenvalue weighted by molar-refractivity contribution is 7.98. The highest BCUT2D eigenvalue weighted by atomic mass is 32.2. The van der Waals surface area contributed by atoms with Crippen LogP contribution in [-0.2, 0) is 17.6 Å². The molecular weight excluding hydrogens is 500 g/mol. The van der Waals surface area contributed by atoms with Crippen molar-refractivity contribution >= 4 is 23.5 Å². The van der Waals surface area contributed by atoms with E-state index in [2.05, 4.69) is 43.1 Å². The lowest BCUT2D eigenvalue weighted by molar-refractivity contribution is 0.0922. The van der Waals surface area contributed by atoms with Gasteiger partial charge in [-0.15, -0.1) is 0 Å². The molecule has 3 aromatic rings. The van der Waals surface area contributed by atoms with Crippen LogP contribution in [0.1, 0.15) is 61.2 Å². The predicted octanol–water partition coefficient (Wildman–Crippen LogP) is 5.50. The molecule has 0 saturated heterocycles. The second-order valence-electron chi connectivity index (χ2n) is 10.7. The fraction of sp³-hybridized carbons (Fsp3) is 0.483. The Hall–Kier alpha value is -3.20. The highest BCUT2D eigenvalue weighted by Gasteiger charge is 2.23. The van der Waals surface area contributed by atoms with Gasteiger partial charge in [-0.3, -0.25) is 4.79 Å². The number of aromatic nitrogens is 2. The van der Waals surface area contributed by atoms with Gasteiger partial charge in [0.15, 0.2) is 22.4 Å². The molecule has 2 aromatic heterocycles. The van der Waals surface area contributed by atoms with Crippen LogP contribution in [0.3, 0.4) is 0 Å². The zero-order valence-corrected chi connectivity index (χ0v) is 24.0. The van der Waals surface area contributed by atoms with E-state index in [1.807, 2.05) is 25.2 Å². The molecule has 38 heavy (non-hydrogen) atoms. The maximum absolute atomic E-state index is 12.3. The summed E-state index contributed by atoms with van der Waals surface area (Å²) >= 11 is 1.51. The van der Waals surface area contributed by atoms with Crippen molar-refractivity contribution in [3.63, 3.8) is 0 Å². The van der Waals surface area contributed by atoms with Gasteiger partial charge in [-0.05, 0) is 55.0 Å². The number of anilines is 1. The molecule has 0 aliphatic heterocycles. The van der Waals surface area contributed by atoms with E-state index < -0.39 is 0 Å². The van der Waals surface area contributed by atoms with E-state index in [-0.39, 0.29) is 11.3 Å². The average Bonchev–Trinajstić information content (AvgIpc) is 3.62. The molecule has 0 spiro atoms. The molecule has 9 heteroatoms. The van der Waals surface area contributed by atoms with Gasteiger partial charge in [0.2, 0.25) is 0 Å². The molecule has 0 bridgehead atoms. The molecule has 0 atom stereocenters. The van der Waals surface area contributed by atoms with E-state index in [9.17, 15) is 4.79 Å². The Bertz CT molecular complexity index is 1250. The van der Waals surface area contributed by atoms with Gasteiger partial charge in [-0.2, -0.15) is 0 Å². The lowest BCUT2D eigenvalue weighted by atomic mass is 9.92. The number of ether oxygens (including phenoxy) is 2. The van der Waals surface area contributed by atoms with Crippen molar-refractivity contribution in [2.45, 2.75) is 56.4 Å². The summed E-state index contributed by atoms with van der Waals surface area (Å²) in [6, 6.07) is 11.6. The van der Waals surface area contributed by atoms with E-state index in [0.29, 0.717) is 22.6 Å². The van der Waals surface area contributed by atoms with Crippen LogP contribution in [0.25, 0.3) is 0 Å².